The lowest BCUT2D eigenvalue weighted by Crippen LogP contribution is -2.31. The number of methoxy groups -OCH3 is 1. The van der Waals surface area contributed by atoms with Crippen molar-refractivity contribution in [2.75, 3.05) is 20.4 Å². The molecule has 2 heterocycles. The van der Waals surface area contributed by atoms with E-state index in [0.717, 1.165) is 23.8 Å². The molecule has 0 radical (unpaired) electrons. The third-order valence-electron chi connectivity index (χ3n) is 5.68. The highest BCUT2D eigenvalue weighted by Crippen LogP contribution is 2.46. The van der Waals surface area contributed by atoms with Crippen molar-refractivity contribution in [3.05, 3.63) is 17.7 Å². The zero-order chi connectivity index (χ0) is 17.3. The molecule has 0 aliphatic carbocycles. The van der Waals surface area contributed by atoms with Crippen molar-refractivity contribution in [1.82, 2.24) is 5.32 Å². The predicted octanol–water partition coefficient (Wildman–Crippen LogP) is 4.33. The van der Waals surface area contributed by atoms with Crippen LogP contribution in [0.15, 0.2) is 12.1 Å². The van der Waals surface area contributed by atoms with Crippen LogP contribution in [0, 0.1) is 11.3 Å². The first-order valence-electron chi connectivity index (χ1n) is 9.16. The molecule has 0 spiro atoms. The Morgan fingerprint density at radius 1 is 1.29 bits per heavy atom. The lowest BCUT2D eigenvalue weighted by molar-refractivity contribution is 0.171. The van der Waals surface area contributed by atoms with Gasteiger partial charge >= 0.3 is 0 Å². The van der Waals surface area contributed by atoms with Crippen LogP contribution < -0.4 is 19.5 Å². The highest BCUT2D eigenvalue weighted by molar-refractivity contribution is 5.56. The van der Waals surface area contributed by atoms with Crippen LogP contribution in [0.4, 0.5) is 0 Å². The van der Waals surface area contributed by atoms with Gasteiger partial charge in [0.25, 0.3) is 0 Å². The van der Waals surface area contributed by atoms with E-state index in [0.29, 0.717) is 23.3 Å². The smallest absolute Gasteiger partial charge is 0.231 e. The van der Waals surface area contributed by atoms with Crippen molar-refractivity contribution in [2.45, 2.75) is 58.9 Å². The minimum atomic E-state index is 0.279. The van der Waals surface area contributed by atoms with Gasteiger partial charge in [0.05, 0.1) is 7.11 Å². The summed E-state index contributed by atoms with van der Waals surface area (Å²) in [6, 6.07) is 4.82. The number of hydrogen-bond donors (Lipinski definition) is 1. The first-order valence-corrected chi connectivity index (χ1v) is 9.16. The number of benzene rings is 1. The average molecular weight is 333 g/mol. The van der Waals surface area contributed by atoms with Gasteiger partial charge in [-0.2, -0.15) is 0 Å². The predicted molar refractivity (Wildman–Crippen MR) is 96.1 cm³/mol. The van der Waals surface area contributed by atoms with E-state index in [1.165, 1.54) is 24.8 Å². The zero-order valence-corrected chi connectivity index (χ0v) is 15.6. The topological polar surface area (TPSA) is 39.7 Å². The quantitative estimate of drug-likeness (QED) is 0.841. The fraction of sp³-hybridized carbons (Fsp3) is 0.700. The molecule has 2 aliphatic heterocycles. The van der Waals surface area contributed by atoms with Gasteiger partial charge in [-0.25, -0.2) is 0 Å². The van der Waals surface area contributed by atoms with Crippen LogP contribution in [0.1, 0.15) is 58.4 Å². The summed E-state index contributed by atoms with van der Waals surface area (Å²) in [6.45, 7) is 10.7. The van der Waals surface area contributed by atoms with E-state index in [9.17, 15) is 0 Å². The first kappa shape index (κ1) is 17.4. The van der Waals surface area contributed by atoms with E-state index in [1.807, 2.05) is 0 Å². The van der Waals surface area contributed by atoms with E-state index in [4.69, 9.17) is 14.2 Å². The number of hydrogen-bond acceptors (Lipinski definition) is 4. The second kappa shape index (κ2) is 6.83. The van der Waals surface area contributed by atoms with Crippen molar-refractivity contribution < 1.29 is 14.2 Å². The first-order chi connectivity index (χ1) is 11.4. The second-order valence-electron chi connectivity index (χ2n) is 8.06. The van der Waals surface area contributed by atoms with E-state index in [-0.39, 0.29) is 6.79 Å². The molecule has 3 atom stereocenters. The summed E-state index contributed by atoms with van der Waals surface area (Å²) in [5, 5.41) is 3.76. The molecule has 2 aliphatic rings. The van der Waals surface area contributed by atoms with Gasteiger partial charge in [0.15, 0.2) is 11.5 Å². The molecule has 134 valence electrons. The Hall–Kier alpha value is -1.42. The van der Waals surface area contributed by atoms with Gasteiger partial charge in [-0.3, -0.25) is 0 Å². The van der Waals surface area contributed by atoms with Crippen molar-refractivity contribution >= 4 is 0 Å². The van der Waals surface area contributed by atoms with E-state index < -0.39 is 0 Å². The highest BCUT2D eigenvalue weighted by atomic mass is 16.7. The molecule has 0 bridgehead atoms. The zero-order valence-electron chi connectivity index (χ0n) is 15.6. The van der Waals surface area contributed by atoms with Crippen LogP contribution in [0.2, 0.25) is 0 Å². The minimum Gasteiger partial charge on any atom is -0.493 e. The molecule has 0 saturated carbocycles. The summed E-state index contributed by atoms with van der Waals surface area (Å²) >= 11 is 0. The van der Waals surface area contributed by atoms with E-state index >= 15 is 0 Å². The standard InChI is InChI=1S/C20H31NO3/c1-6-7-20(3,4)10-16-13(2)15(11-21-16)14-8-17(22-5)19-18(9-14)23-12-24-19/h8-9,13,15-16,21H,6-7,10-12H2,1-5H3/t13?,15-,16-/m0/s1. The summed E-state index contributed by atoms with van der Waals surface area (Å²) in [4.78, 5) is 0. The van der Waals surface area contributed by atoms with Crippen molar-refractivity contribution in [1.29, 1.82) is 0 Å². The highest BCUT2D eigenvalue weighted by Gasteiger charge is 2.37. The van der Waals surface area contributed by atoms with Gasteiger partial charge in [-0.05, 0) is 41.9 Å². The summed E-state index contributed by atoms with van der Waals surface area (Å²) in [7, 11) is 1.69. The Labute approximate surface area is 145 Å². The molecular formula is C20H31NO3. The van der Waals surface area contributed by atoms with Crippen LogP contribution in [0.25, 0.3) is 0 Å². The summed E-state index contributed by atoms with van der Waals surface area (Å²) < 4.78 is 16.6. The van der Waals surface area contributed by atoms with Gasteiger partial charge < -0.3 is 19.5 Å². The van der Waals surface area contributed by atoms with Crippen LogP contribution in [-0.2, 0) is 0 Å². The summed E-state index contributed by atoms with van der Waals surface area (Å²) in [5.41, 5.74) is 1.68. The largest absolute Gasteiger partial charge is 0.493 e. The number of rotatable bonds is 6. The minimum absolute atomic E-state index is 0.279. The Balaban J connectivity index is 1.77. The lowest BCUT2D eigenvalue weighted by atomic mass is 9.77. The Bertz CT molecular complexity index is 584. The molecule has 1 N–H and O–H groups in total. The molecule has 3 rings (SSSR count). The Morgan fingerprint density at radius 3 is 2.79 bits per heavy atom. The van der Waals surface area contributed by atoms with Gasteiger partial charge in [-0.15, -0.1) is 0 Å². The van der Waals surface area contributed by atoms with Crippen LogP contribution in [-0.4, -0.2) is 26.5 Å². The maximum atomic E-state index is 5.59. The van der Waals surface area contributed by atoms with E-state index in [1.54, 1.807) is 7.11 Å². The van der Waals surface area contributed by atoms with Crippen LogP contribution in [0.5, 0.6) is 17.2 Å². The molecule has 4 nitrogen and oxygen atoms in total. The molecule has 4 heteroatoms. The van der Waals surface area contributed by atoms with E-state index in [2.05, 4.69) is 45.1 Å². The van der Waals surface area contributed by atoms with Crippen molar-refractivity contribution in [2.24, 2.45) is 11.3 Å². The monoisotopic (exact) mass is 333 g/mol. The Kier molecular flexibility index (Phi) is 4.95. The molecule has 0 amide bonds. The molecule has 1 aromatic rings. The maximum absolute atomic E-state index is 5.59. The van der Waals surface area contributed by atoms with Crippen molar-refractivity contribution in [3.8, 4) is 17.2 Å². The van der Waals surface area contributed by atoms with Crippen LogP contribution >= 0.6 is 0 Å². The molecule has 24 heavy (non-hydrogen) atoms. The molecule has 1 unspecified atom stereocenters. The fourth-order valence-electron chi connectivity index (χ4n) is 4.35. The second-order valence-corrected chi connectivity index (χ2v) is 8.06. The van der Waals surface area contributed by atoms with Gasteiger partial charge in [0.1, 0.15) is 0 Å². The van der Waals surface area contributed by atoms with Crippen LogP contribution in [0.3, 0.4) is 0 Å². The third-order valence-corrected chi connectivity index (χ3v) is 5.68. The maximum Gasteiger partial charge on any atom is 0.231 e. The fourth-order valence-corrected chi connectivity index (χ4v) is 4.35. The number of ether oxygens (including phenoxy) is 3. The number of fused-ring (bicyclic) bond motifs is 1. The third kappa shape index (κ3) is 3.34. The Morgan fingerprint density at radius 2 is 2.08 bits per heavy atom. The molecule has 1 aromatic carbocycles. The van der Waals surface area contributed by atoms with Gasteiger partial charge in [0.2, 0.25) is 12.5 Å². The molecule has 1 saturated heterocycles. The molecule has 1 fully saturated rings. The molecule has 0 aromatic heterocycles. The average Bonchev–Trinajstić information content (AvgIpc) is 3.13. The van der Waals surface area contributed by atoms with Gasteiger partial charge in [-0.1, -0.05) is 34.1 Å². The van der Waals surface area contributed by atoms with Crippen molar-refractivity contribution in [3.63, 3.8) is 0 Å². The number of nitrogens with one attached hydrogen (secondary N) is 1. The normalized spacial score (nSPS) is 26.0. The summed E-state index contributed by atoms with van der Waals surface area (Å²) in [5.74, 6) is 3.40. The van der Waals surface area contributed by atoms with Gasteiger partial charge in [0, 0.05) is 18.5 Å². The lowest BCUT2D eigenvalue weighted by Gasteiger charge is -2.30. The SMILES string of the molecule is CCCC(C)(C)C[C@@H]1NC[C@H](c2cc(OC)c3c(c2)OCO3)C1C. The summed E-state index contributed by atoms with van der Waals surface area (Å²) in [6.07, 6.45) is 3.75. The molecular weight excluding hydrogens is 302 g/mol.